The molecule has 0 aliphatic heterocycles. The summed E-state index contributed by atoms with van der Waals surface area (Å²) in [7, 11) is 0. The average Bonchev–Trinajstić information content (AvgIpc) is 1.54. The van der Waals surface area contributed by atoms with Crippen molar-refractivity contribution in [3.63, 3.8) is 0 Å². The van der Waals surface area contributed by atoms with Gasteiger partial charge in [-0.2, -0.15) is 0 Å². The Morgan fingerprint density at radius 1 is 0.292 bits per heavy atom. The molecule has 0 aromatic heterocycles. The van der Waals surface area contributed by atoms with Gasteiger partial charge in [0.1, 0.15) is 11.6 Å². The van der Waals surface area contributed by atoms with Crippen molar-refractivity contribution in [1.29, 1.82) is 0 Å². The molecule has 2 aliphatic carbocycles. The second kappa shape index (κ2) is 82.7. The first kappa shape index (κ1) is 136. The fourth-order valence-electron chi connectivity index (χ4n) is 9.19. The third kappa shape index (κ3) is 89.5. The molecule has 0 bridgehead atoms. The number of hydrogen-bond acceptors (Lipinski definition) is 27. The third-order valence-electron chi connectivity index (χ3n) is 18.0. The molecule has 0 heterocycles. The molecule has 7 N–H and O–H groups in total. The molecule has 33 heteroatoms. The first-order valence-corrected chi connectivity index (χ1v) is 42.7. The van der Waals surface area contributed by atoms with Crippen LogP contribution in [0.15, 0.2) is 120 Å². The van der Waals surface area contributed by atoms with E-state index in [9.17, 15) is 101 Å². The molecule has 0 amide bonds. The lowest BCUT2D eigenvalue weighted by molar-refractivity contribution is -0.147. The molecule has 33 nitrogen and oxygen atoms in total. The van der Waals surface area contributed by atoms with Crippen LogP contribution in [0.2, 0.25) is 0 Å². The van der Waals surface area contributed by atoms with Gasteiger partial charge in [-0.25, -0.2) is 4.79 Å². The number of ether oxygens (including phenoxy) is 5. The van der Waals surface area contributed by atoms with E-state index in [2.05, 4.69) is 73.4 Å². The van der Waals surface area contributed by atoms with Crippen molar-refractivity contribution in [3.05, 3.63) is 120 Å². The number of ketones is 10. The number of carboxylic acids is 6. The van der Waals surface area contributed by atoms with Crippen LogP contribution in [-0.4, -0.2) is 192 Å². The van der Waals surface area contributed by atoms with Crippen LogP contribution >= 0.6 is 0 Å². The van der Waals surface area contributed by atoms with Gasteiger partial charge in [-0.15, -0.1) is 0 Å². The number of hydrogen-bond donors (Lipinski definition) is 7. The molecule has 0 spiro atoms. The first-order valence-electron chi connectivity index (χ1n) is 42.7. The normalized spacial score (nSPS) is 11.2. The van der Waals surface area contributed by atoms with Crippen LogP contribution in [0.1, 0.15) is 324 Å². The molecule has 0 aromatic carbocycles. The van der Waals surface area contributed by atoms with E-state index in [1.54, 1.807) is 20.8 Å². The zero-order chi connectivity index (χ0) is 103. The topological polar surface area (TPSA) is 546 Å². The minimum Gasteiger partial charge on any atom is -0.513 e. The predicted molar refractivity (Wildman–Crippen MR) is 492 cm³/mol. The molecular formula is C97H150O33. The van der Waals surface area contributed by atoms with Crippen molar-refractivity contribution in [2.75, 3.05) is 33.0 Å². The highest BCUT2D eigenvalue weighted by Gasteiger charge is 2.48. The number of carbonyl (C=O) groups excluding carboxylic acids is 15. The number of esters is 5. The standard InChI is InChI=1S/C13H22O3.C12H20O3.C11H18O3.C10H16O3.C9H14O3.2C8H12O3.3C7H10O3.C5H6O3/c1-4-5-6-7-8-9-16-13(15)10-11(2)12(3)14;1-4-5-6-7-8-15-12(14)9-10(2)11(3)13;1-4-5-6-7-14-11(13)8-9(2)10(3)12;1-4-5-6-13-10(12)7-8(2)9(3)11;1-4-5-12-9(11)6-7(2)8(3)10;1-6(9)8(3-2-4-8)5-7(10)11;1-5(2)7(6(3)9)4-8(10)11;1-5(8)7(2-3-7)4-6(9)10;1-5(3-6(2)8)4-7(9)10;1-3-6(5(2)8)4-7(9)10;1-3(4(2)6)5(7)8/h2,4-10H2,1,3H3;2,4-9H2,1,3H3;2,4-8H2,1,3H3;2,4-7H2,1,3H3;2,4-6H2,1,3H3;2-5H2,1H3,(H,10,11);4H2,1-3H3,(H,10,11);2-4H2,1H3,(H,9,10);8H,1-4H2,(H,9,10);3H,4H2,1-2H3,(H,9,10);1H2,2H3,(H,7,8)/b;;;;;;;;;6-3-;. The maximum atomic E-state index is 11.2. The highest BCUT2D eigenvalue weighted by Crippen LogP contribution is 2.49. The maximum Gasteiger partial charge on any atom is 0.338 e. The number of allylic oxidation sites excluding steroid dienone is 3. The monoisotopic (exact) mass is 1840 g/mol. The van der Waals surface area contributed by atoms with Gasteiger partial charge in [0.25, 0.3) is 0 Å². The fourth-order valence-corrected chi connectivity index (χ4v) is 9.19. The Balaban J connectivity index is -0.000000178. The fraction of sp³-hybridized carbons (Fsp3) is 0.577. The lowest BCUT2D eigenvalue weighted by atomic mass is 9.64. The summed E-state index contributed by atoms with van der Waals surface area (Å²) in [5.74, 6) is -9.28. The molecule has 2 fully saturated rings. The number of carbonyl (C=O) groups is 21. The number of carboxylic acid groups (broad SMARTS) is 6. The summed E-state index contributed by atoms with van der Waals surface area (Å²) < 4.78 is 24.5. The minimum absolute atomic E-state index is 0.00926. The number of aliphatic carboxylic acids is 6. The van der Waals surface area contributed by atoms with Crippen molar-refractivity contribution < 1.29 is 160 Å². The molecular weight excluding hydrogens is 1690 g/mol. The Bertz CT molecular complexity index is 3830. The summed E-state index contributed by atoms with van der Waals surface area (Å²) in [6, 6.07) is 0. The molecule has 2 rings (SSSR count). The quantitative estimate of drug-likeness (QED) is 0.00435. The van der Waals surface area contributed by atoms with E-state index in [1.807, 2.05) is 13.8 Å². The van der Waals surface area contributed by atoms with Gasteiger partial charge in [-0.05, 0) is 176 Å². The van der Waals surface area contributed by atoms with Crippen LogP contribution in [0, 0.1) is 10.8 Å². The predicted octanol–water partition coefficient (Wildman–Crippen LogP) is 17.4. The number of aliphatic hydroxyl groups is 1. The van der Waals surface area contributed by atoms with Gasteiger partial charge in [0.15, 0.2) is 46.3 Å². The van der Waals surface area contributed by atoms with Crippen molar-refractivity contribution in [2.45, 2.75) is 324 Å². The van der Waals surface area contributed by atoms with Crippen LogP contribution in [0.4, 0.5) is 0 Å². The van der Waals surface area contributed by atoms with Gasteiger partial charge in [0, 0.05) is 28.4 Å². The van der Waals surface area contributed by atoms with E-state index in [1.165, 1.54) is 87.7 Å². The van der Waals surface area contributed by atoms with E-state index in [0.717, 1.165) is 122 Å². The number of unbranched alkanes of at least 4 members (excludes halogenated alkanes) is 10. The van der Waals surface area contributed by atoms with E-state index in [0.29, 0.717) is 77.6 Å². The summed E-state index contributed by atoms with van der Waals surface area (Å²) >= 11 is 0. The summed E-state index contributed by atoms with van der Waals surface area (Å²) in [6.07, 6.45) is 21.0. The highest BCUT2D eigenvalue weighted by atomic mass is 16.5. The SMILES string of the molecule is C/C=C(/CC(=O)O)C(C)=O.C=C(C(C)=O)C(=O)O.C=C(CC(=O)OCCC)C(C)=O.C=C(CC(=O)OCCCC)C(C)=O.C=C(CC(=O)OCCCCC)C(C)=O.C=C(CC(=O)OCCCCCC)C(C)=O.C=C(CC(=O)OCCCCCCC)C(C)=O.C=C(O)CC(=C)CC(=O)O.CC(=O)C(CC(=O)O)=C(C)C.CC(=O)C1(CC(=O)O)CC1.CC(=O)C1(CC(=O)O)CCC1. The Morgan fingerprint density at radius 2 is 0.569 bits per heavy atom. The van der Waals surface area contributed by atoms with Crippen molar-refractivity contribution in [3.8, 4) is 0 Å². The maximum absolute atomic E-state index is 11.2. The van der Waals surface area contributed by atoms with Gasteiger partial charge < -0.3 is 59.4 Å². The summed E-state index contributed by atoms with van der Waals surface area (Å²) in [6.45, 7) is 58.5. The lowest BCUT2D eigenvalue weighted by Crippen LogP contribution is -2.38. The molecule has 736 valence electrons. The largest absolute Gasteiger partial charge is 0.513 e. The summed E-state index contributed by atoms with van der Waals surface area (Å²) in [5, 5.41) is 58.4. The average molecular weight is 1840 g/mol. The summed E-state index contributed by atoms with van der Waals surface area (Å²) in [5.41, 5.74) is 2.21. The smallest absolute Gasteiger partial charge is 0.338 e. The summed E-state index contributed by atoms with van der Waals surface area (Å²) in [4.78, 5) is 223. The molecule has 2 aliphatic rings. The Morgan fingerprint density at radius 3 is 0.746 bits per heavy atom. The Labute approximate surface area is 767 Å². The van der Waals surface area contributed by atoms with Crippen LogP contribution in [0.3, 0.4) is 0 Å². The van der Waals surface area contributed by atoms with Gasteiger partial charge in [-0.1, -0.05) is 175 Å². The van der Waals surface area contributed by atoms with Gasteiger partial charge >= 0.3 is 65.7 Å². The minimum atomic E-state index is -1.25. The third-order valence-corrected chi connectivity index (χ3v) is 18.0. The van der Waals surface area contributed by atoms with Gasteiger partial charge in [0.2, 0.25) is 0 Å². The highest BCUT2D eigenvalue weighted by molar-refractivity contribution is 6.15. The zero-order valence-electron chi connectivity index (χ0n) is 80.4. The molecule has 2 saturated carbocycles. The van der Waals surface area contributed by atoms with E-state index in [-0.39, 0.29) is 164 Å². The van der Waals surface area contributed by atoms with Crippen molar-refractivity contribution in [2.24, 2.45) is 10.8 Å². The van der Waals surface area contributed by atoms with Gasteiger partial charge in [-0.3, -0.25) is 95.9 Å². The second-order valence-electron chi connectivity index (χ2n) is 30.4. The van der Waals surface area contributed by atoms with Crippen LogP contribution in [0.5, 0.6) is 0 Å². The molecule has 130 heavy (non-hydrogen) atoms. The Hall–Kier alpha value is -11.9. The lowest BCUT2D eigenvalue weighted by Gasteiger charge is -2.38. The molecule has 0 saturated heterocycles. The molecule has 0 unspecified atom stereocenters. The van der Waals surface area contributed by atoms with Crippen LogP contribution < -0.4 is 0 Å². The zero-order valence-corrected chi connectivity index (χ0v) is 80.4. The Kier molecular flexibility index (Phi) is 86.6. The molecule has 0 radical (unpaired) electrons. The van der Waals surface area contributed by atoms with E-state index in [4.69, 9.17) is 59.4 Å². The van der Waals surface area contributed by atoms with E-state index >= 15 is 0 Å². The molecule has 0 aromatic rings. The van der Waals surface area contributed by atoms with Crippen LogP contribution in [0.25, 0.3) is 0 Å². The van der Waals surface area contributed by atoms with Crippen molar-refractivity contribution >= 4 is 123 Å². The number of aliphatic hydroxyl groups excluding tert-OH is 1. The van der Waals surface area contributed by atoms with Gasteiger partial charge in [0.05, 0.1) is 109 Å². The number of rotatable bonds is 53. The molecule has 0 atom stereocenters. The van der Waals surface area contributed by atoms with E-state index < -0.39 is 52.4 Å². The van der Waals surface area contributed by atoms with Crippen LogP contribution in [-0.2, 0) is 124 Å². The second-order valence-corrected chi connectivity index (χ2v) is 30.4. The van der Waals surface area contributed by atoms with Crippen molar-refractivity contribution in [1.82, 2.24) is 0 Å². The number of Topliss-reactive ketones (excluding diaryl/α,β-unsaturated/α-hetero) is 10. The first-order chi connectivity index (χ1) is 60.1.